The minimum Gasteiger partial charge on any atom is -0.508 e. The molecule has 2 aromatic rings. The molecule has 0 amide bonds. The van der Waals surface area contributed by atoms with Crippen LogP contribution < -0.4 is 5.32 Å². The number of aromatic nitrogens is 2. The Balaban J connectivity index is 2.52. The second kappa shape index (κ2) is 6.70. The Morgan fingerprint density at radius 3 is 2.70 bits per heavy atom. The van der Waals surface area contributed by atoms with Gasteiger partial charge in [-0.2, -0.15) is 0 Å². The lowest BCUT2D eigenvalue weighted by atomic mass is 10.2. The maximum absolute atomic E-state index is 9.59. The van der Waals surface area contributed by atoms with E-state index in [4.69, 9.17) is 0 Å². The Kier molecular flexibility index (Phi) is 4.95. The average molecular weight is 336 g/mol. The first kappa shape index (κ1) is 14.8. The zero-order chi connectivity index (χ0) is 14.5. The minimum absolute atomic E-state index is 0.219. The number of phenolic OH excluding ortho intramolecular Hbond substituents is 1. The topological polar surface area (TPSA) is 58.0 Å². The number of phenols is 1. The lowest BCUT2D eigenvalue weighted by molar-refractivity contribution is 0.475. The second-order valence-corrected chi connectivity index (χ2v) is 5.28. The zero-order valence-electron chi connectivity index (χ0n) is 11.7. The molecule has 0 aliphatic heterocycles. The summed E-state index contributed by atoms with van der Waals surface area (Å²) in [5.41, 5.74) is 1.80. The van der Waals surface area contributed by atoms with Gasteiger partial charge in [-0.05, 0) is 41.4 Å². The fraction of sp³-hybridized carbons (Fsp3) is 0.333. The Morgan fingerprint density at radius 2 is 2.05 bits per heavy atom. The van der Waals surface area contributed by atoms with E-state index in [1.165, 1.54) is 0 Å². The van der Waals surface area contributed by atoms with E-state index < -0.39 is 0 Å². The number of anilines is 1. The van der Waals surface area contributed by atoms with Crippen molar-refractivity contribution in [2.75, 3.05) is 11.9 Å². The maximum atomic E-state index is 9.59. The van der Waals surface area contributed by atoms with Gasteiger partial charge < -0.3 is 10.4 Å². The number of benzene rings is 1. The second-order valence-electron chi connectivity index (χ2n) is 4.49. The van der Waals surface area contributed by atoms with Gasteiger partial charge in [0.15, 0.2) is 5.82 Å². The van der Waals surface area contributed by atoms with Crippen molar-refractivity contribution in [2.45, 2.75) is 26.7 Å². The molecule has 0 radical (unpaired) electrons. The predicted molar refractivity (Wildman–Crippen MR) is 85.0 cm³/mol. The number of rotatable bonds is 5. The van der Waals surface area contributed by atoms with Crippen LogP contribution >= 0.6 is 15.9 Å². The van der Waals surface area contributed by atoms with Gasteiger partial charge in [-0.1, -0.05) is 25.5 Å². The van der Waals surface area contributed by atoms with Gasteiger partial charge in [0.1, 0.15) is 11.6 Å². The highest BCUT2D eigenvalue weighted by Crippen LogP contribution is 2.29. The van der Waals surface area contributed by atoms with Crippen LogP contribution in [0, 0.1) is 0 Å². The highest BCUT2D eigenvalue weighted by atomic mass is 79.9. The van der Waals surface area contributed by atoms with Crippen LogP contribution in [0.25, 0.3) is 11.4 Å². The predicted octanol–water partition coefficient (Wildman–Crippen LogP) is 4.00. The fourth-order valence-corrected chi connectivity index (χ4v) is 2.47. The van der Waals surface area contributed by atoms with Crippen LogP contribution in [0.15, 0.2) is 28.7 Å². The summed E-state index contributed by atoms with van der Waals surface area (Å²) in [5.74, 6) is 1.64. The largest absolute Gasteiger partial charge is 0.508 e. The van der Waals surface area contributed by atoms with Gasteiger partial charge in [0.25, 0.3) is 0 Å². The summed E-state index contributed by atoms with van der Waals surface area (Å²) in [5, 5.41) is 12.8. The summed E-state index contributed by atoms with van der Waals surface area (Å²) in [7, 11) is 0. The molecule has 1 aromatic carbocycles. The van der Waals surface area contributed by atoms with E-state index in [0.29, 0.717) is 5.82 Å². The van der Waals surface area contributed by atoms with Gasteiger partial charge in [0.2, 0.25) is 0 Å². The molecule has 20 heavy (non-hydrogen) atoms. The normalized spacial score (nSPS) is 10.6. The third-order valence-corrected chi connectivity index (χ3v) is 3.69. The molecular weight excluding hydrogens is 318 g/mol. The first-order chi connectivity index (χ1) is 9.65. The number of hydrogen-bond acceptors (Lipinski definition) is 4. The van der Waals surface area contributed by atoms with Crippen molar-refractivity contribution in [1.82, 2.24) is 9.97 Å². The Hall–Kier alpha value is -1.62. The van der Waals surface area contributed by atoms with Gasteiger partial charge >= 0.3 is 0 Å². The van der Waals surface area contributed by atoms with Crippen LogP contribution in [0.5, 0.6) is 5.75 Å². The van der Waals surface area contributed by atoms with Crippen LogP contribution in [-0.4, -0.2) is 21.6 Å². The third kappa shape index (κ3) is 3.28. The smallest absolute Gasteiger partial charge is 0.161 e. The fourth-order valence-electron chi connectivity index (χ4n) is 1.95. The van der Waals surface area contributed by atoms with Gasteiger partial charge in [-0.25, -0.2) is 9.97 Å². The molecule has 106 valence electrons. The van der Waals surface area contributed by atoms with Crippen molar-refractivity contribution < 1.29 is 5.11 Å². The summed E-state index contributed by atoms with van der Waals surface area (Å²) in [6.07, 6.45) is 1.90. The molecule has 4 nitrogen and oxygen atoms in total. The van der Waals surface area contributed by atoms with Gasteiger partial charge in [-0.3, -0.25) is 0 Å². The number of nitrogens with zero attached hydrogens (tertiary/aromatic N) is 2. The molecule has 5 heteroatoms. The molecule has 0 aliphatic rings. The molecule has 0 spiro atoms. The average Bonchev–Trinajstić information content (AvgIpc) is 2.43. The molecule has 0 saturated carbocycles. The van der Waals surface area contributed by atoms with E-state index in [-0.39, 0.29) is 5.75 Å². The molecule has 0 unspecified atom stereocenters. The highest BCUT2D eigenvalue weighted by molar-refractivity contribution is 9.10. The first-order valence-electron chi connectivity index (χ1n) is 6.75. The van der Waals surface area contributed by atoms with Crippen molar-refractivity contribution in [3.8, 4) is 17.1 Å². The summed E-state index contributed by atoms with van der Waals surface area (Å²) >= 11 is 3.57. The number of aromatic hydroxyl groups is 1. The lowest BCUT2D eigenvalue weighted by Gasteiger charge is -2.12. The van der Waals surface area contributed by atoms with Crippen LogP contribution in [-0.2, 0) is 6.42 Å². The van der Waals surface area contributed by atoms with Crippen molar-refractivity contribution >= 4 is 21.7 Å². The summed E-state index contributed by atoms with van der Waals surface area (Å²) in [4.78, 5) is 9.14. The molecule has 0 atom stereocenters. The molecule has 1 heterocycles. The van der Waals surface area contributed by atoms with Crippen LogP contribution in [0.2, 0.25) is 0 Å². The molecule has 2 rings (SSSR count). The van der Waals surface area contributed by atoms with Crippen LogP contribution in [0.4, 0.5) is 5.82 Å². The zero-order valence-corrected chi connectivity index (χ0v) is 13.2. The van der Waals surface area contributed by atoms with E-state index in [1.807, 2.05) is 13.0 Å². The minimum atomic E-state index is 0.219. The quantitative estimate of drug-likeness (QED) is 0.867. The molecule has 1 aromatic heterocycles. The van der Waals surface area contributed by atoms with Crippen LogP contribution in [0.3, 0.4) is 0 Å². The third-order valence-electron chi connectivity index (χ3n) is 2.86. The van der Waals surface area contributed by atoms with Crippen molar-refractivity contribution in [1.29, 1.82) is 0 Å². The molecule has 0 saturated heterocycles. The van der Waals surface area contributed by atoms with Crippen molar-refractivity contribution in [3.63, 3.8) is 0 Å². The van der Waals surface area contributed by atoms with Gasteiger partial charge in [-0.15, -0.1) is 0 Å². The Morgan fingerprint density at radius 1 is 1.25 bits per heavy atom. The molecule has 0 fully saturated rings. The van der Waals surface area contributed by atoms with E-state index in [9.17, 15) is 5.11 Å². The number of hydrogen-bond donors (Lipinski definition) is 2. The Labute approximate surface area is 127 Å². The van der Waals surface area contributed by atoms with Gasteiger partial charge in [0.05, 0.1) is 10.2 Å². The highest BCUT2D eigenvalue weighted by Gasteiger charge is 2.12. The van der Waals surface area contributed by atoms with E-state index in [2.05, 4.69) is 38.1 Å². The summed E-state index contributed by atoms with van der Waals surface area (Å²) in [6.45, 7) is 4.94. The molecule has 0 aliphatic carbocycles. The molecular formula is C15H18BrN3O. The first-order valence-corrected chi connectivity index (χ1v) is 7.54. The number of halogens is 1. The van der Waals surface area contributed by atoms with Crippen LogP contribution in [0.1, 0.15) is 26.0 Å². The Bertz CT molecular complexity index is 574. The number of aryl methyl sites for hydroxylation is 1. The van der Waals surface area contributed by atoms with E-state index in [0.717, 1.165) is 40.9 Å². The van der Waals surface area contributed by atoms with E-state index in [1.54, 1.807) is 18.2 Å². The maximum Gasteiger partial charge on any atom is 0.161 e. The number of nitrogens with one attached hydrogen (secondary N) is 1. The van der Waals surface area contributed by atoms with E-state index >= 15 is 0 Å². The van der Waals surface area contributed by atoms with Crippen molar-refractivity contribution in [2.24, 2.45) is 0 Å². The lowest BCUT2D eigenvalue weighted by Crippen LogP contribution is -2.06. The standard InChI is InChI=1S/C15H18BrN3O/c1-3-6-12-13(16)15(17-4-2)19-14(18-12)10-7-5-8-11(20)9-10/h5,7-9,20H,3-4,6H2,1-2H3,(H,17,18,19). The monoisotopic (exact) mass is 335 g/mol. The summed E-state index contributed by atoms with van der Waals surface area (Å²) < 4.78 is 0.921. The van der Waals surface area contributed by atoms with Crippen molar-refractivity contribution in [3.05, 3.63) is 34.4 Å². The summed E-state index contributed by atoms with van der Waals surface area (Å²) in [6, 6.07) is 7.01. The molecule has 0 bridgehead atoms. The SMILES string of the molecule is CCCc1nc(-c2cccc(O)c2)nc(NCC)c1Br. The molecule has 2 N–H and O–H groups in total. The van der Waals surface area contributed by atoms with Gasteiger partial charge in [0, 0.05) is 12.1 Å².